The second kappa shape index (κ2) is 5.46. The summed E-state index contributed by atoms with van der Waals surface area (Å²) in [5, 5.41) is 0. The Hall–Kier alpha value is -1.65. The zero-order chi connectivity index (χ0) is 16.8. The maximum atomic E-state index is 13.8. The summed E-state index contributed by atoms with van der Waals surface area (Å²) in [5.41, 5.74) is 0.868. The van der Waals surface area contributed by atoms with Gasteiger partial charge in [0.25, 0.3) is 0 Å². The van der Waals surface area contributed by atoms with Crippen molar-refractivity contribution in [1.82, 2.24) is 4.90 Å². The lowest BCUT2D eigenvalue weighted by Crippen LogP contribution is -2.62. The van der Waals surface area contributed by atoms with Gasteiger partial charge in [0.15, 0.2) is 0 Å². The predicted octanol–water partition coefficient (Wildman–Crippen LogP) is 4.32. The predicted molar refractivity (Wildman–Crippen MR) is 84.3 cm³/mol. The highest BCUT2D eigenvalue weighted by molar-refractivity contribution is 5.69. The van der Waals surface area contributed by atoms with Crippen LogP contribution in [0, 0.1) is 11.3 Å². The van der Waals surface area contributed by atoms with Gasteiger partial charge in [-0.1, -0.05) is 17.7 Å². The Morgan fingerprint density at radius 1 is 1.39 bits per heavy atom. The Balaban J connectivity index is 1.48. The van der Waals surface area contributed by atoms with Crippen molar-refractivity contribution < 1.29 is 18.3 Å². The quantitative estimate of drug-likeness (QED) is 0.673. The van der Waals surface area contributed by atoms with Gasteiger partial charge in [-0.25, -0.2) is 13.6 Å². The fourth-order valence-electron chi connectivity index (χ4n) is 3.52. The molecule has 2 aliphatic carbocycles. The molecule has 2 atom stereocenters. The number of allylic oxidation sites excluding steroid dienone is 6. The second-order valence-electron chi connectivity index (χ2n) is 7.95. The molecule has 0 aromatic carbocycles. The fourth-order valence-corrected chi connectivity index (χ4v) is 3.52. The molecule has 2 fully saturated rings. The molecule has 1 heterocycles. The van der Waals surface area contributed by atoms with Gasteiger partial charge in [-0.05, 0) is 45.8 Å². The first kappa shape index (κ1) is 16.2. The van der Waals surface area contributed by atoms with Crippen molar-refractivity contribution in [3.8, 4) is 0 Å². The minimum atomic E-state index is -1.29. The van der Waals surface area contributed by atoms with Crippen molar-refractivity contribution >= 4 is 6.09 Å². The molecule has 1 amide bonds. The molecule has 1 saturated heterocycles. The second-order valence-corrected chi connectivity index (χ2v) is 7.95. The van der Waals surface area contributed by atoms with E-state index in [1.165, 1.54) is 11.6 Å². The van der Waals surface area contributed by atoms with Crippen molar-refractivity contribution in [2.45, 2.75) is 45.4 Å². The Morgan fingerprint density at radius 3 is 2.61 bits per heavy atom. The minimum absolute atomic E-state index is 0.147. The SMILES string of the molecule is CC(C)(C)OC(=O)N1CC2(CC(=CC3C=CC(F)=CC3F)C2)C1. The lowest BCUT2D eigenvalue weighted by molar-refractivity contribution is -0.0505. The highest BCUT2D eigenvalue weighted by Gasteiger charge is 2.52. The van der Waals surface area contributed by atoms with E-state index in [-0.39, 0.29) is 17.4 Å². The van der Waals surface area contributed by atoms with Crippen LogP contribution in [-0.2, 0) is 4.74 Å². The number of halogens is 2. The molecule has 5 heteroatoms. The summed E-state index contributed by atoms with van der Waals surface area (Å²) in [6.45, 7) is 6.97. The first-order valence-corrected chi connectivity index (χ1v) is 8.03. The monoisotopic (exact) mass is 323 g/mol. The van der Waals surface area contributed by atoms with E-state index in [1.54, 1.807) is 11.0 Å². The largest absolute Gasteiger partial charge is 0.444 e. The summed E-state index contributed by atoms with van der Waals surface area (Å²) in [6.07, 6.45) is 6.04. The molecule has 0 aromatic heterocycles. The van der Waals surface area contributed by atoms with E-state index < -0.39 is 17.6 Å². The average Bonchev–Trinajstić information content (AvgIpc) is 2.30. The number of amides is 1. The van der Waals surface area contributed by atoms with Crippen molar-refractivity contribution in [1.29, 1.82) is 0 Å². The van der Waals surface area contributed by atoms with Crippen LogP contribution in [0.25, 0.3) is 0 Å². The maximum absolute atomic E-state index is 13.8. The fraction of sp³-hybridized carbons (Fsp3) is 0.611. The summed E-state index contributed by atoms with van der Waals surface area (Å²) >= 11 is 0. The molecule has 0 N–H and O–H groups in total. The molecule has 1 saturated carbocycles. The lowest BCUT2D eigenvalue weighted by Gasteiger charge is -2.56. The Bertz CT molecular complexity index is 585. The summed E-state index contributed by atoms with van der Waals surface area (Å²) in [4.78, 5) is 13.7. The number of ether oxygens (including phenoxy) is 1. The van der Waals surface area contributed by atoms with Crippen LogP contribution in [-0.4, -0.2) is 35.9 Å². The van der Waals surface area contributed by atoms with Crippen molar-refractivity contribution in [3.05, 3.63) is 35.7 Å². The van der Waals surface area contributed by atoms with Crippen LogP contribution in [0.4, 0.5) is 13.6 Å². The van der Waals surface area contributed by atoms with E-state index in [4.69, 9.17) is 4.74 Å². The first-order valence-electron chi connectivity index (χ1n) is 8.03. The van der Waals surface area contributed by atoms with Gasteiger partial charge in [0.05, 0.1) is 0 Å². The lowest BCUT2D eigenvalue weighted by atomic mass is 9.60. The summed E-state index contributed by atoms with van der Waals surface area (Å²) in [5.74, 6) is -0.881. The third kappa shape index (κ3) is 3.48. The molecule has 3 rings (SSSR count). The van der Waals surface area contributed by atoms with Gasteiger partial charge in [0.2, 0.25) is 0 Å². The summed E-state index contributed by atoms with van der Waals surface area (Å²) < 4.78 is 32.0. The summed E-state index contributed by atoms with van der Waals surface area (Å²) in [7, 11) is 0. The number of nitrogens with zero attached hydrogens (tertiary/aromatic N) is 1. The van der Waals surface area contributed by atoms with Gasteiger partial charge in [-0.15, -0.1) is 0 Å². The molecular weight excluding hydrogens is 300 g/mol. The zero-order valence-electron chi connectivity index (χ0n) is 13.8. The van der Waals surface area contributed by atoms with Crippen LogP contribution < -0.4 is 0 Å². The van der Waals surface area contributed by atoms with Crippen LogP contribution in [0.15, 0.2) is 35.7 Å². The molecule has 0 aromatic rings. The van der Waals surface area contributed by atoms with Gasteiger partial charge in [0.1, 0.15) is 17.6 Å². The molecule has 0 bridgehead atoms. The normalized spacial score (nSPS) is 28.8. The van der Waals surface area contributed by atoms with Crippen LogP contribution in [0.3, 0.4) is 0 Å². The van der Waals surface area contributed by atoms with E-state index in [0.717, 1.165) is 18.9 Å². The molecule has 0 radical (unpaired) electrons. The summed E-state index contributed by atoms with van der Waals surface area (Å²) in [6, 6.07) is 0. The average molecular weight is 323 g/mol. The van der Waals surface area contributed by atoms with E-state index in [2.05, 4.69) is 0 Å². The van der Waals surface area contributed by atoms with Crippen LogP contribution >= 0.6 is 0 Å². The molecule has 126 valence electrons. The van der Waals surface area contributed by atoms with Crippen LogP contribution in [0.1, 0.15) is 33.6 Å². The van der Waals surface area contributed by atoms with Gasteiger partial charge in [-0.3, -0.25) is 0 Å². The first-order chi connectivity index (χ1) is 10.7. The maximum Gasteiger partial charge on any atom is 0.410 e. The van der Waals surface area contributed by atoms with Gasteiger partial charge < -0.3 is 9.64 Å². The number of alkyl halides is 1. The van der Waals surface area contributed by atoms with Crippen molar-refractivity contribution in [2.75, 3.05) is 13.1 Å². The van der Waals surface area contributed by atoms with Crippen molar-refractivity contribution in [2.24, 2.45) is 11.3 Å². The van der Waals surface area contributed by atoms with Crippen LogP contribution in [0.5, 0.6) is 0 Å². The standard InChI is InChI=1S/C18H23F2NO2/c1-17(2,3)23-16(22)21-10-18(11-21)8-12(9-18)6-13-4-5-14(19)7-15(13)20/h4-7,13,15H,8-11H2,1-3H3. The number of rotatable bonds is 1. The molecule has 3 aliphatic rings. The Kier molecular flexibility index (Phi) is 3.85. The smallest absolute Gasteiger partial charge is 0.410 e. The number of carbonyl (C=O) groups is 1. The molecule has 1 spiro atoms. The molecule has 23 heavy (non-hydrogen) atoms. The van der Waals surface area contributed by atoms with Crippen molar-refractivity contribution in [3.63, 3.8) is 0 Å². The van der Waals surface area contributed by atoms with Crippen LogP contribution in [0.2, 0.25) is 0 Å². The Labute approximate surface area is 135 Å². The molecular formula is C18H23F2NO2. The number of likely N-dealkylation sites (tertiary alicyclic amines) is 1. The van der Waals surface area contributed by atoms with E-state index in [9.17, 15) is 13.6 Å². The van der Waals surface area contributed by atoms with E-state index >= 15 is 0 Å². The van der Waals surface area contributed by atoms with Gasteiger partial charge in [0, 0.05) is 24.4 Å². The molecule has 3 nitrogen and oxygen atoms in total. The number of hydrogen-bond donors (Lipinski definition) is 0. The molecule has 1 aliphatic heterocycles. The van der Waals surface area contributed by atoms with Gasteiger partial charge in [-0.2, -0.15) is 0 Å². The highest BCUT2D eigenvalue weighted by atomic mass is 19.1. The topological polar surface area (TPSA) is 29.5 Å². The Morgan fingerprint density at radius 2 is 2.04 bits per heavy atom. The minimum Gasteiger partial charge on any atom is -0.444 e. The van der Waals surface area contributed by atoms with E-state index in [1.807, 2.05) is 26.8 Å². The number of hydrogen-bond acceptors (Lipinski definition) is 2. The highest BCUT2D eigenvalue weighted by Crippen LogP contribution is 2.52. The third-order valence-electron chi connectivity index (χ3n) is 4.50. The zero-order valence-corrected chi connectivity index (χ0v) is 13.8. The number of carbonyl (C=O) groups excluding carboxylic acids is 1. The third-order valence-corrected chi connectivity index (χ3v) is 4.50. The van der Waals surface area contributed by atoms with E-state index in [0.29, 0.717) is 13.1 Å². The van der Waals surface area contributed by atoms with Gasteiger partial charge >= 0.3 is 6.09 Å². The molecule has 2 unspecified atom stereocenters.